The van der Waals surface area contributed by atoms with Crippen LogP contribution >= 0.6 is 23.6 Å². The summed E-state index contributed by atoms with van der Waals surface area (Å²) in [6.07, 6.45) is 0. The molecule has 2 aromatic rings. The zero-order valence-corrected chi connectivity index (χ0v) is 14.6. The van der Waals surface area contributed by atoms with Crippen molar-refractivity contribution in [2.24, 2.45) is 0 Å². The summed E-state index contributed by atoms with van der Waals surface area (Å²) in [6, 6.07) is 5.48. The minimum Gasteiger partial charge on any atom is -0.353 e. The Hall–Kier alpha value is -1.69. The summed E-state index contributed by atoms with van der Waals surface area (Å²) in [6.45, 7) is 3.32. The van der Waals surface area contributed by atoms with Crippen molar-refractivity contribution in [1.82, 2.24) is 20.3 Å². The molecule has 0 spiro atoms. The molecule has 0 aliphatic carbocycles. The van der Waals surface area contributed by atoms with Gasteiger partial charge in [0.25, 0.3) is 0 Å². The Morgan fingerprint density at radius 2 is 2.00 bits per heavy atom. The first kappa shape index (κ1) is 18.6. The average molecular weight is 373 g/mol. The minimum atomic E-state index is 0.0943. The van der Waals surface area contributed by atoms with E-state index in [1.807, 2.05) is 26.1 Å². The van der Waals surface area contributed by atoms with Crippen LogP contribution in [0.25, 0.3) is 0 Å². The van der Waals surface area contributed by atoms with E-state index in [2.05, 4.69) is 40.3 Å². The largest absolute Gasteiger partial charge is 0.353 e. The Balaban J connectivity index is 2.08. The summed E-state index contributed by atoms with van der Waals surface area (Å²) in [4.78, 5) is 13.1. The molecule has 1 aromatic heterocycles. The number of likely N-dealkylation sites (N-methyl/N-ethyl adjacent to an activating group) is 1. The fourth-order valence-corrected chi connectivity index (χ4v) is 2.36. The number of nitrogens with zero attached hydrogens (tertiary/aromatic N) is 3. The lowest BCUT2D eigenvalue weighted by Crippen LogP contribution is -2.19. The van der Waals surface area contributed by atoms with E-state index in [1.165, 1.54) is 0 Å². The Labute approximate surface area is 148 Å². The van der Waals surface area contributed by atoms with Crippen molar-refractivity contribution in [2.45, 2.75) is 11.8 Å². The van der Waals surface area contributed by atoms with Crippen LogP contribution < -0.4 is 16.0 Å². The van der Waals surface area contributed by atoms with Crippen molar-refractivity contribution >= 4 is 41.2 Å². The molecule has 0 amide bonds. The van der Waals surface area contributed by atoms with Gasteiger partial charge in [-0.15, -0.1) is 4.33 Å². The third kappa shape index (κ3) is 5.74. The number of benzene rings is 1. The molecule has 24 heavy (non-hydrogen) atoms. The Bertz CT molecular complexity index is 678. The van der Waals surface area contributed by atoms with E-state index in [0.717, 1.165) is 34.7 Å². The number of anilines is 3. The maximum atomic E-state index is 8.20. The number of halogens is 1. The standard InChI is InChI=1S/C13H17ClN6O3S/c1-8-7-9(3-4-10(8)24-23-22-21)17-13-19-11(14)18-12(20-13)16-6-5-15-2/h3-4,7,15,21H,5-6H2,1-2H3,(H2,16,17,18,19,20). The summed E-state index contributed by atoms with van der Waals surface area (Å²) >= 11 is 6.83. The smallest absolute Gasteiger partial charge is 0.233 e. The number of nitrogens with one attached hydrogen (secondary N) is 3. The molecule has 0 atom stereocenters. The van der Waals surface area contributed by atoms with E-state index in [4.69, 9.17) is 16.9 Å². The Morgan fingerprint density at radius 1 is 1.21 bits per heavy atom. The van der Waals surface area contributed by atoms with Crippen molar-refractivity contribution in [1.29, 1.82) is 0 Å². The van der Waals surface area contributed by atoms with Gasteiger partial charge in [0.2, 0.25) is 17.2 Å². The lowest BCUT2D eigenvalue weighted by Gasteiger charge is -2.10. The molecule has 1 aromatic carbocycles. The molecule has 11 heteroatoms. The summed E-state index contributed by atoms with van der Waals surface area (Å²) in [7, 11) is 1.86. The first-order chi connectivity index (χ1) is 11.6. The summed E-state index contributed by atoms with van der Waals surface area (Å²) < 4.78 is 4.42. The number of aryl methyl sites for hydroxylation is 1. The van der Waals surface area contributed by atoms with Crippen LogP contribution in [0.2, 0.25) is 5.28 Å². The molecule has 1 heterocycles. The van der Waals surface area contributed by atoms with Gasteiger partial charge in [0, 0.05) is 23.7 Å². The molecule has 0 saturated heterocycles. The fraction of sp³-hybridized carbons (Fsp3) is 0.308. The Morgan fingerprint density at radius 3 is 2.71 bits per heavy atom. The predicted octanol–water partition coefficient (Wildman–Crippen LogP) is 2.64. The van der Waals surface area contributed by atoms with Gasteiger partial charge in [-0.05, 0) is 49.3 Å². The van der Waals surface area contributed by atoms with Crippen LogP contribution in [0.3, 0.4) is 0 Å². The Kier molecular flexibility index (Phi) is 7.43. The van der Waals surface area contributed by atoms with Crippen molar-refractivity contribution in [3.8, 4) is 0 Å². The molecule has 2 rings (SSSR count). The molecule has 0 aliphatic rings. The van der Waals surface area contributed by atoms with E-state index in [0.29, 0.717) is 18.4 Å². The molecule has 0 saturated carbocycles. The van der Waals surface area contributed by atoms with Crippen LogP contribution in [-0.4, -0.2) is 40.3 Å². The SMILES string of the molecule is CNCCNc1nc(Cl)nc(Nc2ccc(SOOO)c(C)c2)n1. The highest BCUT2D eigenvalue weighted by atomic mass is 35.5. The second-order valence-electron chi connectivity index (χ2n) is 4.61. The van der Waals surface area contributed by atoms with Gasteiger partial charge < -0.3 is 16.0 Å². The molecule has 4 N–H and O–H groups in total. The maximum Gasteiger partial charge on any atom is 0.233 e. The monoisotopic (exact) mass is 372 g/mol. The quantitative estimate of drug-likeness (QED) is 0.226. The zero-order valence-electron chi connectivity index (χ0n) is 13.0. The first-order valence-electron chi connectivity index (χ1n) is 6.95. The van der Waals surface area contributed by atoms with Crippen LogP contribution in [0, 0.1) is 6.92 Å². The molecule has 9 nitrogen and oxygen atoms in total. The van der Waals surface area contributed by atoms with Crippen LogP contribution in [0.4, 0.5) is 17.6 Å². The van der Waals surface area contributed by atoms with Crippen molar-refractivity contribution < 1.29 is 14.6 Å². The second kappa shape index (κ2) is 9.57. The van der Waals surface area contributed by atoms with E-state index in [-0.39, 0.29) is 5.28 Å². The average Bonchev–Trinajstić information content (AvgIpc) is 2.54. The fourth-order valence-electron chi connectivity index (χ4n) is 1.79. The van der Waals surface area contributed by atoms with Gasteiger partial charge in [-0.25, -0.2) is 5.26 Å². The first-order valence-corrected chi connectivity index (χ1v) is 8.07. The van der Waals surface area contributed by atoms with Crippen molar-refractivity contribution in [3.05, 3.63) is 29.0 Å². The third-order valence-corrected chi connectivity index (χ3v) is 3.79. The van der Waals surface area contributed by atoms with Gasteiger partial charge in [0.1, 0.15) is 0 Å². The van der Waals surface area contributed by atoms with Gasteiger partial charge in [-0.3, -0.25) is 0 Å². The summed E-state index contributed by atoms with van der Waals surface area (Å²) in [5, 5.41) is 21.0. The highest BCUT2D eigenvalue weighted by Crippen LogP contribution is 2.27. The number of aromatic nitrogens is 3. The van der Waals surface area contributed by atoms with Crippen molar-refractivity contribution in [3.63, 3.8) is 0 Å². The topological polar surface area (TPSA) is 113 Å². The van der Waals surface area contributed by atoms with Gasteiger partial charge in [-0.2, -0.15) is 15.0 Å². The molecule has 0 bridgehead atoms. The molecule has 0 fully saturated rings. The molecular weight excluding hydrogens is 356 g/mol. The van der Waals surface area contributed by atoms with E-state index < -0.39 is 0 Å². The van der Waals surface area contributed by atoms with Crippen LogP contribution in [0.15, 0.2) is 23.1 Å². The van der Waals surface area contributed by atoms with Gasteiger partial charge >= 0.3 is 0 Å². The van der Waals surface area contributed by atoms with Gasteiger partial charge in [0.05, 0.1) is 12.0 Å². The minimum absolute atomic E-state index is 0.0943. The normalized spacial score (nSPS) is 10.7. The highest BCUT2D eigenvalue weighted by Gasteiger charge is 2.07. The van der Waals surface area contributed by atoms with Crippen molar-refractivity contribution in [2.75, 3.05) is 30.8 Å². The van der Waals surface area contributed by atoms with Crippen LogP contribution in [0.5, 0.6) is 0 Å². The molecule has 0 aliphatic heterocycles. The number of rotatable bonds is 9. The summed E-state index contributed by atoms with van der Waals surface area (Å²) in [5.74, 6) is 0.724. The van der Waals surface area contributed by atoms with Crippen LogP contribution in [-0.2, 0) is 9.37 Å². The summed E-state index contributed by atoms with van der Waals surface area (Å²) in [5.41, 5.74) is 1.68. The van der Waals surface area contributed by atoms with Gasteiger partial charge in [-0.1, -0.05) is 5.04 Å². The maximum absolute atomic E-state index is 8.20. The molecule has 130 valence electrons. The lowest BCUT2D eigenvalue weighted by molar-refractivity contribution is -0.432. The van der Waals surface area contributed by atoms with E-state index in [1.54, 1.807) is 6.07 Å². The number of hydrogen-bond acceptors (Lipinski definition) is 10. The highest BCUT2D eigenvalue weighted by molar-refractivity contribution is 7.94. The molecule has 0 radical (unpaired) electrons. The number of hydrogen-bond donors (Lipinski definition) is 4. The second-order valence-corrected chi connectivity index (χ2v) is 5.69. The van der Waals surface area contributed by atoms with E-state index in [9.17, 15) is 0 Å². The predicted molar refractivity (Wildman–Crippen MR) is 92.4 cm³/mol. The zero-order chi connectivity index (χ0) is 17.4. The lowest BCUT2D eigenvalue weighted by atomic mass is 10.2. The van der Waals surface area contributed by atoms with E-state index >= 15 is 0 Å². The van der Waals surface area contributed by atoms with Crippen LogP contribution in [0.1, 0.15) is 5.56 Å². The molecular formula is C13H17ClN6O3S. The molecule has 0 unspecified atom stereocenters. The third-order valence-electron chi connectivity index (χ3n) is 2.85. The van der Waals surface area contributed by atoms with Gasteiger partial charge in [0.15, 0.2) is 0 Å².